The molecule has 2 aromatic rings. The molecule has 0 atom stereocenters. The van der Waals surface area contributed by atoms with Crippen molar-refractivity contribution in [1.82, 2.24) is 9.88 Å². The van der Waals surface area contributed by atoms with E-state index in [4.69, 9.17) is 5.11 Å². The molecule has 106 valence electrons. The van der Waals surface area contributed by atoms with E-state index in [1.807, 2.05) is 24.3 Å². The van der Waals surface area contributed by atoms with Crippen molar-refractivity contribution in [2.75, 3.05) is 19.7 Å². The lowest BCUT2D eigenvalue weighted by atomic mass is 9.91. The Morgan fingerprint density at radius 1 is 1.35 bits per heavy atom. The second-order valence-corrected chi connectivity index (χ2v) is 5.45. The molecule has 0 unspecified atom stereocenters. The van der Waals surface area contributed by atoms with E-state index in [1.54, 1.807) is 6.20 Å². The number of rotatable bonds is 6. The molecule has 20 heavy (non-hydrogen) atoms. The number of nitrogens with one attached hydrogen (secondary N) is 1. The third kappa shape index (κ3) is 2.49. The molecule has 0 aliphatic heterocycles. The van der Waals surface area contributed by atoms with Crippen LogP contribution in [0.3, 0.4) is 0 Å². The van der Waals surface area contributed by atoms with Crippen LogP contribution in [0.25, 0.3) is 10.9 Å². The monoisotopic (exact) mass is 272 g/mol. The van der Waals surface area contributed by atoms with Gasteiger partial charge < -0.3 is 10.1 Å². The summed E-state index contributed by atoms with van der Waals surface area (Å²) in [6.45, 7) is 1.09. The van der Waals surface area contributed by atoms with Gasteiger partial charge in [0.2, 0.25) is 0 Å². The number of ketones is 1. The Kier molecular flexibility index (Phi) is 3.85. The molecule has 0 amide bonds. The van der Waals surface area contributed by atoms with Crippen molar-refractivity contribution in [3.63, 3.8) is 0 Å². The normalized spacial score (nSPS) is 15.7. The first-order valence-corrected chi connectivity index (χ1v) is 7.24. The molecular formula is C16H20N2O2. The van der Waals surface area contributed by atoms with Crippen molar-refractivity contribution < 1.29 is 9.90 Å². The van der Waals surface area contributed by atoms with Gasteiger partial charge in [-0.3, -0.25) is 9.69 Å². The number of aliphatic hydroxyl groups is 1. The highest BCUT2D eigenvalue weighted by atomic mass is 16.3. The van der Waals surface area contributed by atoms with Gasteiger partial charge in [-0.2, -0.15) is 0 Å². The van der Waals surface area contributed by atoms with Crippen molar-refractivity contribution in [1.29, 1.82) is 0 Å². The fourth-order valence-corrected chi connectivity index (χ4v) is 2.84. The molecule has 1 aromatic heterocycles. The third-order valence-corrected chi connectivity index (χ3v) is 4.21. The van der Waals surface area contributed by atoms with Crippen LogP contribution in [0.4, 0.5) is 0 Å². The summed E-state index contributed by atoms with van der Waals surface area (Å²) in [5, 5.41) is 10.1. The number of benzene rings is 1. The molecule has 1 fully saturated rings. The third-order valence-electron chi connectivity index (χ3n) is 4.21. The Bertz CT molecular complexity index is 601. The minimum atomic E-state index is 0.109. The van der Waals surface area contributed by atoms with Crippen LogP contribution in [0, 0.1) is 0 Å². The van der Waals surface area contributed by atoms with Crippen LogP contribution < -0.4 is 0 Å². The second kappa shape index (κ2) is 5.77. The van der Waals surface area contributed by atoms with E-state index < -0.39 is 0 Å². The number of hydrogen-bond acceptors (Lipinski definition) is 3. The van der Waals surface area contributed by atoms with Gasteiger partial charge in [0.05, 0.1) is 13.2 Å². The van der Waals surface area contributed by atoms with E-state index >= 15 is 0 Å². The topological polar surface area (TPSA) is 56.3 Å². The van der Waals surface area contributed by atoms with Crippen LogP contribution in [0.2, 0.25) is 0 Å². The van der Waals surface area contributed by atoms with Crippen LogP contribution in [-0.4, -0.2) is 46.5 Å². The van der Waals surface area contributed by atoms with Gasteiger partial charge in [0, 0.05) is 35.2 Å². The maximum absolute atomic E-state index is 12.5. The molecule has 1 aliphatic rings. The highest BCUT2D eigenvalue weighted by molar-refractivity contribution is 6.08. The highest BCUT2D eigenvalue weighted by Gasteiger charge is 2.26. The maximum Gasteiger partial charge on any atom is 0.178 e. The first-order chi connectivity index (χ1) is 9.79. The van der Waals surface area contributed by atoms with Gasteiger partial charge >= 0.3 is 0 Å². The molecule has 4 nitrogen and oxygen atoms in total. The molecule has 0 bridgehead atoms. The molecule has 1 aliphatic carbocycles. The van der Waals surface area contributed by atoms with E-state index in [-0.39, 0.29) is 12.4 Å². The van der Waals surface area contributed by atoms with Gasteiger partial charge in [-0.25, -0.2) is 0 Å². The minimum Gasteiger partial charge on any atom is -0.395 e. The Labute approximate surface area is 118 Å². The van der Waals surface area contributed by atoms with E-state index in [2.05, 4.69) is 9.88 Å². The van der Waals surface area contributed by atoms with Crippen LogP contribution in [0.15, 0.2) is 30.5 Å². The molecular weight excluding hydrogens is 252 g/mol. The number of aliphatic hydroxyl groups excluding tert-OH is 1. The summed E-state index contributed by atoms with van der Waals surface area (Å²) in [5.74, 6) is 0.128. The number of H-pyrrole nitrogens is 1. The van der Waals surface area contributed by atoms with E-state index in [9.17, 15) is 4.79 Å². The highest BCUT2D eigenvalue weighted by Crippen LogP contribution is 2.25. The standard InChI is InChI=1S/C16H20N2O2/c19-9-8-18(12-4-3-5-12)11-16(20)14-10-17-15-7-2-1-6-13(14)15/h1-2,6-7,10,12,17,19H,3-5,8-9,11H2. The van der Waals surface area contributed by atoms with Crippen molar-refractivity contribution >= 4 is 16.7 Å². The summed E-state index contributed by atoms with van der Waals surface area (Å²) in [6, 6.07) is 8.32. The van der Waals surface area contributed by atoms with Crippen LogP contribution in [-0.2, 0) is 0 Å². The van der Waals surface area contributed by atoms with Gasteiger partial charge in [0.1, 0.15) is 0 Å². The first kappa shape index (κ1) is 13.3. The fraction of sp³-hybridized carbons (Fsp3) is 0.438. The summed E-state index contributed by atoms with van der Waals surface area (Å²) < 4.78 is 0. The number of para-hydroxylation sites is 1. The molecule has 4 heteroatoms. The average Bonchev–Trinajstić information content (AvgIpc) is 2.80. The second-order valence-electron chi connectivity index (χ2n) is 5.45. The molecule has 2 N–H and O–H groups in total. The molecule has 3 rings (SSSR count). The lowest BCUT2D eigenvalue weighted by Gasteiger charge is -2.36. The van der Waals surface area contributed by atoms with E-state index in [1.165, 1.54) is 6.42 Å². The number of aromatic amines is 1. The van der Waals surface area contributed by atoms with Crippen molar-refractivity contribution in [2.45, 2.75) is 25.3 Å². The minimum absolute atomic E-state index is 0.109. The summed E-state index contributed by atoms with van der Waals surface area (Å²) in [6.07, 6.45) is 5.31. The number of hydrogen-bond donors (Lipinski definition) is 2. The number of aromatic nitrogens is 1. The lowest BCUT2D eigenvalue weighted by molar-refractivity contribution is 0.0748. The fourth-order valence-electron chi connectivity index (χ4n) is 2.84. The molecule has 1 saturated carbocycles. The van der Waals surface area contributed by atoms with Crippen molar-refractivity contribution in [2.24, 2.45) is 0 Å². The number of carbonyl (C=O) groups is 1. The number of Topliss-reactive ketones (excluding diaryl/α,β-unsaturated/α-hetero) is 1. The zero-order valence-corrected chi connectivity index (χ0v) is 11.5. The van der Waals surface area contributed by atoms with Crippen LogP contribution in [0.5, 0.6) is 0 Å². The summed E-state index contributed by atoms with van der Waals surface area (Å²) >= 11 is 0. The smallest absolute Gasteiger partial charge is 0.178 e. The van der Waals surface area contributed by atoms with Gasteiger partial charge in [0.15, 0.2) is 5.78 Å². The zero-order valence-electron chi connectivity index (χ0n) is 11.5. The molecule has 0 saturated heterocycles. The lowest BCUT2D eigenvalue weighted by Crippen LogP contribution is -2.44. The Hall–Kier alpha value is -1.65. The summed E-state index contributed by atoms with van der Waals surface area (Å²) in [4.78, 5) is 17.8. The number of nitrogens with zero attached hydrogens (tertiary/aromatic N) is 1. The summed E-state index contributed by atoms with van der Waals surface area (Å²) in [7, 11) is 0. The first-order valence-electron chi connectivity index (χ1n) is 7.24. The average molecular weight is 272 g/mol. The Morgan fingerprint density at radius 2 is 2.15 bits per heavy atom. The molecule has 1 heterocycles. The maximum atomic E-state index is 12.5. The quantitative estimate of drug-likeness (QED) is 0.793. The van der Waals surface area contributed by atoms with E-state index in [0.29, 0.717) is 19.1 Å². The van der Waals surface area contributed by atoms with Crippen LogP contribution >= 0.6 is 0 Å². The van der Waals surface area contributed by atoms with Crippen LogP contribution in [0.1, 0.15) is 29.6 Å². The van der Waals surface area contributed by atoms with Crippen molar-refractivity contribution in [3.8, 4) is 0 Å². The number of fused-ring (bicyclic) bond motifs is 1. The van der Waals surface area contributed by atoms with Gasteiger partial charge in [-0.1, -0.05) is 24.6 Å². The zero-order chi connectivity index (χ0) is 13.9. The van der Waals surface area contributed by atoms with Gasteiger partial charge in [0.25, 0.3) is 0 Å². The Balaban J connectivity index is 1.77. The molecule has 0 spiro atoms. The molecule has 1 aromatic carbocycles. The summed E-state index contributed by atoms with van der Waals surface area (Å²) in [5.41, 5.74) is 1.75. The SMILES string of the molecule is O=C(CN(CCO)C1CCC1)c1c[nH]c2ccccc12. The Morgan fingerprint density at radius 3 is 2.85 bits per heavy atom. The molecule has 0 radical (unpaired) electrons. The van der Waals surface area contributed by atoms with Gasteiger partial charge in [-0.05, 0) is 18.9 Å². The van der Waals surface area contributed by atoms with Crippen molar-refractivity contribution in [3.05, 3.63) is 36.0 Å². The van der Waals surface area contributed by atoms with Gasteiger partial charge in [-0.15, -0.1) is 0 Å². The van der Waals surface area contributed by atoms with E-state index in [0.717, 1.165) is 29.3 Å². The predicted molar refractivity (Wildman–Crippen MR) is 78.9 cm³/mol. The predicted octanol–water partition coefficient (Wildman–Crippen LogP) is 2.20. The largest absolute Gasteiger partial charge is 0.395 e. The number of carbonyl (C=O) groups excluding carboxylic acids is 1.